The van der Waals surface area contributed by atoms with Gasteiger partial charge < -0.3 is 5.73 Å². The Morgan fingerprint density at radius 2 is 2.17 bits per heavy atom. The van der Waals surface area contributed by atoms with Crippen molar-refractivity contribution in [3.63, 3.8) is 0 Å². The minimum absolute atomic E-state index is 0.0114. The number of halogens is 1. The van der Waals surface area contributed by atoms with Crippen LogP contribution in [0.5, 0.6) is 0 Å². The number of hydrogen-bond donors (Lipinski definition) is 1. The van der Waals surface area contributed by atoms with Gasteiger partial charge >= 0.3 is 0 Å². The molecule has 1 atom stereocenters. The van der Waals surface area contributed by atoms with E-state index < -0.39 is 0 Å². The van der Waals surface area contributed by atoms with E-state index in [1.165, 1.54) is 5.69 Å². The number of nitrogens with two attached hydrogens (primary N) is 1. The maximum Gasteiger partial charge on any atom is 0.0492 e. The van der Waals surface area contributed by atoms with E-state index in [0.717, 1.165) is 29.0 Å². The molecule has 4 heteroatoms. The summed E-state index contributed by atoms with van der Waals surface area (Å²) >= 11 is 6.05. The van der Waals surface area contributed by atoms with Crippen molar-refractivity contribution in [1.82, 2.24) is 9.78 Å². The molecule has 96 valence electrons. The summed E-state index contributed by atoms with van der Waals surface area (Å²) in [6, 6.07) is 8.02. The molecule has 0 aliphatic carbocycles. The molecule has 1 aromatic carbocycles. The highest BCUT2D eigenvalue weighted by atomic mass is 35.5. The lowest BCUT2D eigenvalue weighted by Gasteiger charge is -2.13. The Balaban J connectivity index is 2.03. The molecular weight excluding hydrogens is 246 g/mol. The molecule has 0 aliphatic heterocycles. The molecule has 0 fully saturated rings. The smallest absolute Gasteiger partial charge is 0.0492 e. The third kappa shape index (κ3) is 3.12. The van der Waals surface area contributed by atoms with Crippen LogP contribution in [0.4, 0.5) is 0 Å². The molecule has 0 radical (unpaired) electrons. The van der Waals surface area contributed by atoms with Crippen LogP contribution in [0.2, 0.25) is 5.02 Å². The molecule has 0 spiro atoms. The Morgan fingerprint density at radius 3 is 2.78 bits per heavy atom. The highest BCUT2D eigenvalue weighted by Crippen LogP contribution is 2.22. The second-order valence-corrected chi connectivity index (χ2v) is 5.09. The van der Waals surface area contributed by atoms with Crippen LogP contribution in [-0.2, 0) is 13.5 Å². The quantitative estimate of drug-likeness (QED) is 0.922. The number of rotatable bonds is 4. The van der Waals surface area contributed by atoms with Gasteiger partial charge in [0, 0.05) is 30.0 Å². The summed E-state index contributed by atoms with van der Waals surface area (Å²) in [5.41, 5.74) is 9.66. The van der Waals surface area contributed by atoms with Gasteiger partial charge in [0.15, 0.2) is 0 Å². The average molecular weight is 264 g/mol. The van der Waals surface area contributed by atoms with E-state index in [1.54, 1.807) is 0 Å². The Hall–Kier alpha value is -1.32. The van der Waals surface area contributed by atoms with Crippen molar-refractivity contribution in [3.05, 3.63) is 52.3 Å². The van der Waals surface area contributed by atoms with Crippen molar-refractivity contribution < 1.29 is 0 Å². The second kappa shape index (κ2) is 5.55. The van der Waals surface area contributed by atoms with Crippen molar-refractivity contribution in [2.75, 3.05) is 0 Å². The zero-order valence-electron chi connectivity index (χ0n) is 10.7. The van der Waals surface area contributed by atoms with Gasteiger partial charge in [0.1, 0.15) is 0 Å². The number of aryl methyl sites for hydroxylation is 3. The first-order valence-electron chi connectivity index (χ1n) is 6.06. The third-order valence-electron chi connectivity index (χ3n) is 3.13. The fourth-order valence-corrected chi connectivity index (χ4v) is 2.39. The van der Waals surface area contributed by atoms with Crippen LogP contribution in [0.15, 0.2) is 30.5 Å². The lowest BCUT2D eigenvalue weighted by molar-refractivity contribution is 0.613. The summed E-state index contributed by atoms with van der Waals surface area (Å²) in [6.07, 6.45) is 3.62. The van der Waals surface area contributed by atoms with Crippen LogP contribution in [0, 0.1) is 6.92 Å². The minimum Gasteiger partial charge on any atom is -0.324 e. The molecule has 0 bridgehead atoms. The third-order valence-corrected chi connectivity index (χ3v) is 3.34. The molecule has 18 heavy (non-hydrogen) atoms. The molecule has 1 heterocycles. The molecule has 0 saturated heterocycles. The summed E-state index contributed by atoms with van der Waals surface area (Å²) in [7, 11) is 1.95. The van der Waals surface area contributed by atoms with Gasteiger partial charge in [0.2, 0.25) is 0 Å². The fourth-order valence-electron chi connectivity index (χ4n) is 2.10. The van der Waals surface area contributed by atoms with Crippen LogP contribution in [-0.4, -0.2) is 9.78 Å². The van der Waals surface area contributed by atoms with Gasteiger partial charge in [0.25, 0.3) is 0 Å². The summed E-state index contributed by atoms with van der Waals surface area (Å²) < 4.78 is 1.88. The first kappa shape index (κ1) is 13.1. The van der Waals surface area contributed by atoms with Gasteiger partial charge in [-0.25, -0.2) is 0 Å². The van der Waals surface area contributed by atoms with E-state index in [1.807, 2.05) is 43.0 Å². The van der Waals surface area contributed by atoms with Gasteiger partial charge in [-0.2, -0.15) is 5.10 Å². The zero-order chi connectivity index (χ0) is 13.1. The second-order valence-electron chi connectivity index (χ2n) is 4.65. The first-order chi connectivity index (χ1) is 8.56. The van der Waals surface area contributed by atoms with E-state index in [2.05, 4.69) is 11.2 Å². The van der Waals surface area contributed by atoms with E-state index in [4.69, 9.17) is 17.3 Å². The molecule has 2 N–H and O–H groups in total. The highest BCUT2D eigenvalue weighted by molar-refractivity contribution is 6.30. The van der Waals surface area contributed by atoms with Crippen LogP contribution in [0.25, 0.3) is 0 Å². The average Bonchev–Trinajstić information content (AvgIpc) is 2.70. The summed E-state index contributed by atoms with van der Waals surface area (Å²) in [5.74, 6) is 0. The summed E-state index contributed by atoms with van der Waals surface area (Å²) in [6.45, 7) is 2.03. The summed E-state index contributed by atoms with van der Waals surface area (Å²) in [5, 5.41) is 4.90. The molecule has 0 aliphatic rings. The Bertz CT molecular complexity index is 513. The van der Waals surface area contributed by atoms with Gasteiger partial charge in [-0.15, -0.1) is 0 Å². The maximum absolute atomic E-state index is 6.21. The molecule has 2 aromatic rings. The van der Waals surface area contributed by atoms with Gasteiger partial charge in [0.05, 0.1) is 0 Å². The summed E-state index contributed by atoms with van der Waals surface area (Å²) in [4.78, 5) is 0. The van der Waals surface area contributed by atoms with Crippen LogP contribution in [0.3, 0.4) is 0 Å². The lowest BCUT2D eigenvalue weighted by atomic mass is 10.0. The topological polar surface area (TPSA) is 43.8 Å². The molecular formula is C14H18ClN3. The predicted molar refractivity (Wildman–Crippen MR) is 74.6 cm³/mol. The first-order valence-corrected chi connectivity index (χ1v) is 6.43. The molecule has 1 unspecified atom stereocenters. The van der Waals surface area contributed by atoms with Crippen molar-refractivity contribution in [2.45, 2.75) is 25.8 Å². The Morgan fingerprint density at radius 1 is 1.39 bits per heavy atom. The van der Waals surface area contributed by atoms with Crippen molar-refractivity contribution in [1.29, 1.82) is 0 Å². The Labute approximate surface area is 113 Å². The number of benzene rings is 1. The lowest BCUT2D eigenvalue weighted by Crippen LogP contribution is -2.12. The minimum atomic E-state index is 0.0114. The number of nitrogens with zero attached hydrogens (tertiary/aromatic N) is 2. The van der Waals surface area contributed by atoms with Gasteiger partial charge in [-0.3, -0.25) is 4.68 Å². The number of aromatic nitrogens is 2. The van der Waals surface area contributed by atoms with Gasteiger partial charge in [-0.05, 0) is 49.1 Å². The monoisotopic (exact) mass is 263 g/mol. The Kier molecular flexibility index (Phi) is 4.04. The number of hydrogen-bond acceptors (Lipinski definition) is 2. The standard InChI is InChI=1S/C14H18ClN3/c1-10-7-11(9-12(15)8-10)14(16)4-3-13-5-6-17-18(13)2/h5-9,14H,3-4,16H2,1-2H3. The van der Waals surface area contributed by atoms with Crippen LogP contribution in [0.1, 0.15) is 29.3 Å². The van der Waals surface area contributed by atoms with Crippen molar-refractivity contribution in [3.8, 4) is 0 Å². The van der Waals surface area contributed by atoms with E-state index in [9.17, 15) is 0 Å². The van der Waals surface area contributed by atoms with Crippen molar-refractivity contribution in [2.24, 2.45) is 12.8 Å². The van der Waals surface area contributed by atoms with Crippen LogP contribution >= 0.6 is 11.6 Å². The van der Waals surface area contributed by atoms with Crippen molar-refractivity contribution >= 4 is 11.6 Å². The molecule has 2 rings (SSSR count). The SMILES string of the molecule is Cc1cc(Cl)cc(C(N)CCc2ccnn2C)c1. The van der Waals surface area contributed by atoms with E-state index in [-0.39, 0.29) is 6.04 Å². The molecule has 0 saturated carbocycles. The zero-order valence-corrected chi connectivity index (χ0v) is 11.5. The molecule has 3 nitrogen and oxygen atoms in total. The largest absolute Gasteiger partial charge is 0.324 e. The highest BCUT2D eigenvalue weighted by Gasteiger charge is 2.09. The predicted octanol–water partition coefficient (Wildman–Crippen LogP) is 3.01. The van der Waals surface area contributed by atoms with Crippen LogP contribution < -0.4 is 5.73 Å². The normalized spacial score (nSPS) is 12.7. The fraction of sp³-hybridized carbons (Fsp3) is 0.357. The maximum atomic E-state index is 6.21. The van der Waals surface area contributed by atoms with Gasteiger partial charge in [-0.1, -0.05) is 17.7 Å². The van der Waals surface area contributed by atoms with E-state index in [0.29, 0.717) is 0 Å². The molecule has 1 aromatic heterocycles. The molecule has 0 amide bonds. The van der Waals surface area contributed by atoms with E-state index >= 15 is 0 Å².